The maximum atomic E-state index is 4.98. The topological polar surface area (TPSA) is 24.4 Å². The number of nitrogens with zero attached hydrogens (tertiary/aromatic N) is 1. The predicted octanol–water partition coefficient (Wildman–Crippen LogP) is 5.54. The summed E-state index contributed by atoms with van der Waals surface area (Å²) >= 11 is 3.78. The van der Waals surface area contributed by atoms with Crippen molar-refractivity contribution in [2.24, 2.45) is 4.99 Å². The van der Waals surface area contributed by atoms with E-state index in [0.717, 1.165) is 32.6 Å². The summed E-state index contributed by atoms with van der Waals surface area (Å²) in [6, 6.07) is 31.0. The van der Waals surface area contributed by atoms with Gasteiger partial charge in [-0.15, -0.1) is 0 Å². The van der Waals surface area contributed by atoms with Crippen molar-refractivity contribution < 1.29 is 0 Å². The van der Waals surface area contributed by atoms with Crippen molar-refractivity contribution in [3.63, 3.8) is 0 Å². The summed E-state index contributed by atoms with van der Waals surface area (Å²) in [6.45, 7) is 0. The van der Waals surface area contributed by atoms with Gasteiger partial charge in [-0.05, 0) is 27.1 Å². The van der Waals surface area contributed by atoms with Gasteiger partial charge in [0.2, 0.25) is 0 Å². The molecule has 0 radical (unpaired) electrons. The summed E-state index contributed by atoms with van der Waals surface area (Å²) in [4.78, 5) is 4.98. The van der Waals surface area contributed by atoms with E-state index in [1.165, 1.54) is 0 Å². The highest BCUT2D eigenvalue weighted by Crippen LogP contribution is 2.33. The average molecular weight is 389 g/mol. The van der Waals surface area contributed by atoms with Crippen molar-refractivity contribution >= 4 is 27.3 Å². The van der Waals surface area contributed by atoms with Crippen molar-refractivity contribution in [3.05, 3.63) is 112 Å². The molecule has 3 aromatic rings. The first-order chi connectivity index (χ1) is 12.3. The highest BCUT2D eigenvalue weighted by Gasteiger charge is 2.24. The van der Waals surface area contributed by atoms with Gasteiger partial charge in [0.1, 0.15) is 6.17 Å². The number of rotatable bonds is 3. The van der Waals surface area contributed by atoms with Crippen LogP contribution in [0.25, 0.3) is 5.70 Å². The Hall–Kier alpha value is -2.65. The Kier molecular flexibility index (Phi) is 4.49. The van der Waals surface area contributed by atoms with E-state index < -0.39 is 0 Å². The Balaban J connectivity index is 1.85. The molecular weight excluding hydrogens is 372 g/mol. The quantitative estimate of drug-likeness (QED) is 0.625. The lowest BCUT2D eigenvalue weighted by molar-refractivity contribution is 0.663. The van der Waals surface area contributed by atoms with Crippen molar-refractivity contribution in [1.29, 1.82) is 0 Å². The van der Waals surface area contributed by atoms with Crippen LogP contribution >= 0.6 is 15.9 Å². The zero-order valence-electron chi connectivity index (χ0n) is 13.6. The van der Waals surface area contributed by atoms with Crippen LogP contribution in [0.5, 0.6) is 0 Å². The smallest absolute Gasteiger partial charge is 0.145 e. The number of nitrogens with one attached hydrogen (secondary N) is 1. The summed E-state index contributed by atoms with van der Waals surface area (Å²) in [5.74, 6) is 0. The normalized spacial score (nSPS) is 17.0. The Morgan fingerprint density at radius 3 is 1.80 bits per heavy atom. The fraction of sp³-hybridized carbons (Fsp3) is 0.0455. The van der Waals surface area contributed by atoms with Gasteiger partial charge < -0.3 is 5.32 Å². The molecule has 1 aliphatic heterocycles. The molecule has 1 unspecified atom stereocenters. The molecular formula is C22H17BrN2. The third-order valence-electron chi connectivity index (χ3n) is 4.19. The minimum absolute atomic E-state index is 0.118. The molecule has 3 heteroatoms. The molecule has 0 aromatic heterocycles. The number of halogens is 1. The molecule has 0 amide bonds. The first kappa shape index (κ1) is 15.9. The fourth-order valence-corrected chi connectivity index (χ4v) is 3.62. The molecule has 4 rings (SSSR count). The van der Waals surface area contributed by atoms with Crippen LogP contribution in [0.3, 0.4) is 0 Å². The van der Waals surface area contributed by atoms with Gasteiger partial charge in [0.25, 0.3) is 0 Å². The highest BCUT2D eigenvalue weighted by molar-refractivity contribution is 9.12. The van der Waals surface area contributed by atoms with E-state index in [2.05, 4.69) is 69.8 Å². The van der Waals surface area contributed by atoms with E-state index in [0.29, 0.717) is 0 Å². The van der Waals surface area contributed by atoms with Gasteiger partial charge >= 0.3 is 0 Å². The third-order valence-corrected chi connectivity index (χ3v) is 4.96. The number of hydrogen-bond acceptors (Lipinski definition) is 2. The van der Waals surface area contributed by atoms with Crippen LogP contribution in [0.2, 0.25) is 0 Å². The zero-order chi connectivity index (χ0) is 17.1. The molecule has 2 nitrogen and oxygen atoms in total. The molecule has 1 N–H and O–H groups in total. The van der Waals surface area contributed by atoms with Crippen LogP contribution in [0.4, 0.5) is 0 Å². The Bertz CT molecular complexity index is 916. The zero-order valence-corrected chi connectivity index (χ0v) is 15.1. The maximum Gasteiger partial charge on any atom is 0.145 e. The Morgan fingerprint density at radius 1 is 0.680 bits per heavy atom. The van der Waals surface area contributed by atoms with Crippen molar-refractivity contribution in [2.45, 2.75) is 6.17 Å². The molecule has 1 atom stereocenters. The van der Waals surface area contributed by atoms with Gasteiger partial charge in [-0.25, -0.2) is 0 Å². The standard InChI is InChI=1S/C22H17BrN2/c23-19-20(16-10-4-1-5-11-16)24-22(18-14-8-3-9-15-18)25-21(19)17-12-6-2-7-13-17/h1-15,22,24H. The number of hydrogen-bond donors (Lipinski definition) is 1. The summed E-state index contributed by atoms with van der Waals surface area (Å²) < 4.78 is 0.983. The monoisotopic (exact) mass is 388 g/mol. The van der Waals surface area contributed by atoms with E-state index in [9.17, 15) is 0 Å². The molecule has 0 saturated heterocycles. The van der Waals surface area contributed by atoms with Gasteiger partial charge in [-0.3, -0.25) is 4.99 Å². The van der Waals surface area contributed by atoms with E-state index in [1.54, 1.807) is 0 Å². The molecule has 1 heterocycles. The van der Waals surface area contributed by atoms with Crippen molar-refractivity contribution in [2.75, 3.05) is 0 Å². The summed E-state index contributed by atoms with van der Waals surface area (Å²) in [7, 11) is 0. The van der Waals surface area contributed by atoms with Crippen LogP contribution in [0.1, 0.15) is 22.9 Å². The van der Waals surface area contributed by atoms with Crippen molar-refractivity contribution in [1.82, 2.24) is 5.32 Å². The van der Waals surface area contributed by atoms with Crippen LogP contribution in [-0.2, 0) is 0 Å². The largest absolute Gasteiger partial charge is 0.359 e. The van der Waals surface area contributed by atoms with Gasteiger partial charge in [0.05, 0.1) is 15.9 Å². The van der Waals surface area contributed by atoms with Gasteiger partial charge in [-0.2, -0.15) is 0 Å². The van der Waals surface area contributed by atoms with Crippen LogP contribution < -0.4 is 5.32 Å². The minimum atomic E-state index is -0.118. The molecule has 25 heavy (non-hydrogen) atoms. The van der Waals surface area contributed by atoms with E-state index >= 15 is 0 Å². The van der Waals surface area contributed by atoms with Gasteiger partial charge in [-0.1, -0.05) is 91.0 Å². The van der Waals surface area contributed by atoms with Crippen LogP contribution in [0, 0.1) is 0 Å². The molecule has 0 spiro atoms. The predicted molar refractivity (Wildman–Crippen MR) is 108 cm³/mol. The second-order valence-corrected chi connectivity index (χ2v) is 6.65. The number of benzene rings is 3. The maximum absolute atomic E-state index is 4.98. The summed E-state index contributed by atoms with van der Waals surface area (Å²) in [5.41, 5.74) is 5.41. The first-order valence-electron chi connectivity index (χ1n) is 8.23. The summed E-state index contributed by atoms with van der Waals surface area (Å²) in [5, 5.41) is 3.58. The second-order valence-electron chi connectivity index (χ2n) is 5.86. The van der Waals surface area contributed by atoms with Crippen molar-refractivity contribution in [3.8, 4) is 0 Å². The number of aliphatic imine (C=N–C) groups is 1. The van der Waals surface area contributed by atoms with E-state index in [1.807, 2.05) is 42.5 Å². The summed E-state index contributed by atoms with van der Waals surface area (Å²) in [6.07, 6.45) is -0.118. The first-order valence-corrected chi connectivity index (χ1v) is 9.02. The molecule has 0 aliphatic carbocycles. The SMILES string of the molecule is BrC1=C(c2ccccc2)NC(c2ccccc2)N=C1c1ccccc1. The Labute approximate surface area is 156 Å². The van der Waals surface area contributed by atoms with Crippen LogP contribution in [0.15, 0.2) is 100 Å². The van der Waals surface area contributed by atoms with Crippen LogP contribution in [-0.4, -0.2) is 5.71 Å². The second kappa shape index (κ2) is 7.08. The van der Waals surface area contributed by atoms with Gasteiger partial charge in [0.15, 0.2) is 0 Å². The molecule has 3 aromatic carbocycles. The molecule has 0 saturated carbocycles. The van der Waals surface area contributed by atoms with Gasteiger partial charge in [0, 0.05) is 5.56 Å². The molecule has 122 valence electrons. The fourth-order valence-electron chi connectivity index (χ4n) is 2.94. The Morgan fingerprint density at radius 2 is 1.20 bits per heavy atom. The molecule has 0 fully saturated rings. The molecule has 0 bridgehead atoms. The molecule has 1 aliphatic rings. The minimum Gasteiger partial charge on any atom is -0.359 e. The highest BCUT2D eigenvalue weighted by atomic mass is 79.9. The lowest BCUT2D eigenvalue weighted by atomic mass is 10.0. The third kappa shape index (κ3) is 3.28. The lowest BCUT2D eigenvalue weighted by Crippen LogP contribution is -2.26. The number of allylic oxidation sites excluding steroid dienone is 1. The lowest BCUT2D eigenvalue weighted by Gasteiger charge is -2.27. The van der Waals surface area contributed by atoms with E-state index in [4.69, 9.17) is 4.99 Å². The van der Waals surface area contributed by atoms with E-state index in [-0.39, 0.29) is 6.17 Å². The average Bonchev–Trinajstić information content (AvgIpc) is 2.70.